The number of carbonyl (C=O) groups is 2. The van der Waals surface area contributed by atoms with Gasteiger partial charge in [-0.1, -0.05) is 192 Å². The first-order valence-electron chi connectivity index (χ1n) is 25.6. The van der Waals surface area contributed by atoms with E-state index >= 15 is 0 Å². The molecule has 380 valence electrons. The number of aromatic hydroxyl groups is 2. The number of fused-ring (bicyclic) bond motifs is 8. The summed E-state index contributed by atoms with van der Waals surface area (Å²) >= 11 is 0. The van der Waals surface area contributed by atoms with E-state index in [1.54, 1.807) is 0 Å². The van der Waals surface area contributed by atoms with Gasteiger partial charge in [0.1, 0.15) is 23.0 Å². The van der Waals surface area contributed by atoms with Gasteiger partial charge in [0.2, 0.25) is 0 Å². The zero-order valence-corrected chi connectivity index (χ0v) is 45.3. The van der Waals surface area contributed by atoms with E-state index in [0.29, 0.717) is 37.2 Å². The summed E-state index contributed by atoms with van der Waals surface area (Å²) in [7, 11) is 0. The minimum atomic E-state index is -0.292. The molecule has 0 heterocycles. The van der Waals surface area contributed by atoms with Crippen LogP contribution in [0.2, 0.25) is 0 Å². The SMILES string of the molecule is CC(NC(=O)COc1c2cc(C(C)(C)C)cc1Cc1cc(C(C)(C)C)cc(c1O)Cc1cc(C(C)(C)C)cc(c1OCC(=O)NC(C)c1ccccc1)Cc1cc(C(C)(C)C)cc(c1O)C2)c1ccccc1. The first-order valence-corrected chi connectivity index (χ1v) is 25.6. The highest BCUT2D eigenvalue weighted by atomic mass is 16.5. The summed E-state index contributed by atoms with van der Waals surface area (Å²) in [6, 6.07) is 36.2. The Bertz CT molecular complexity index is 2630. The fraction of sp³-hybridized carbons (Fsp3) is 0.406. The number of phenolic OH excluding ortho intramolecular Hbond substituents is 2. The van der Waals surface area contributed by atoms with Gasteiger partial charge >= 0.3 is 0 Å². The molecule has 8 nitrogen and oxygen atoms in total. The predicted molar refractivity (Wildman–Crippen MR) is 292 cm³/mol. The highest BCUT2D eigenvalue weighted by Gasteiger charge is 2.29. The molecule has 72 heavy (non-hydrogen) atoms. The average Bonchev–Trinajstić information content (AvgIpc) is 3.29. The van der Waals surface area contributed by atoms with Gasteiger partial charge in [-0.15, -0.1) is 0 Å². The van der Waals surface area contributed by atoms with Crippen LogP contribution in [0.5, 0.6) is 23.0 Å². The van der Waals surface area contributed by atoms with Crippen molar-refractivity contribution in [3.8, 4) is 23.0 Å². The van der Waals surface area contributed by atoms with Crippen molar-refractivity contribution in [3.63, 3.8) is 0 Å². The predicted octanol–water partition coefficient (Wildman–Crippen LogP) is 13.5. The Kier molecular flexibility index (Phi) is 15.5. The first kappa shape index (κ1) is 53.3. The summed E-state index contributed by atoms with van der Waals surface area (Å²) in [6.45, 7) is 29.6. The highest BCUT2D eigenvalue weighted by Crippen LogP contribution is 2.44. The molecule has 1 aliphatic carbocycles. The zero-order chi connectivity index (χ0) is 52.5. The standard InChI is InChI=1S/C64H78N2O6/c1-39(41-21-17-15-18-22-41)65-55(67)37-71-59-47-25-43-29-51(61(3,4)5)31-45(57(43)69)27-49-35-54(64(12,13)14)36-50(60(49)72-38-56(68)66-40(2)42-23-19-16-20-24-42)28-46-32-52(62(6,7)8)30-44(58(46)70)26-48(59)34-53(33-47)63(9,10)11/h15-24,29-36,39-40,69-70H,25-28,37-38H2,1-14H3,(H,65,67)(H,66,68). The molecule has 0 saturated carbocycles. The van der Waals surface area contributed by atoms with Crippen LogP contribution in [0, 0.1) is 0 Å². The molecule has 4 N–H and O–H groups in total. The maximum absolute atomic E-state index is 13.8. The van der Waals surface area contributed by atoms with Crippen molar-refractivity contribution in [2.75, 3.05) is 13.2 Å². The third kappa shape index (κ3) is 12.7. The Labute approximate surface area is 429 Å². The van der Waals surface area contributed by atoms with Crippen molar-refractivity contribution in [1.82, 2.24) is 10.6 Å². The van der Waals surface area contributed by atoms with Crippen molar-refractivity contribution >= 4 is 11.8 Å². The average molecular weight is 971 g/mol. The maximum Gasteiger partial charge on any atom is 0.258 e. The van der Waals surface area contributed by atoms with Crippen LogP contribution in [-0.2, 0) is 56.9 Å². The van der Waals surface area contributed by atoms with Gasteiger partial charge in [0.25, 0.3) is 11.8 Å². The van der Waals surface area contributed by atoms with Crippen molar-refractivity contribution in [1.29, 1.82) is 0 Å². The van der Waals surface area contributed by atoms with Gasteiger partial charge in [0.05, 0.1) is 12.1 Å². The zero-order valence-electron chi connectivity index (χ0n) is 45.3. The van der Waals surface area contributed by atoms with Crippen LogP contribution in [0.15, 0.2) is 109 Å². The molecule has 0 fully saturated rings. The van der Waals surface area contributed by atoms with E-state index in [9.17, 15) is 19.8 Å². The number of rotatable bonds is 10. The lowest BCUT2D eigenvalue weighted by Gasteiger charge is -2.28. The van der Waals surface area contributed by atoms with Crippen molar-refractivity contribution < 1.29 is 29.3 Å². The van der Waals surface area contributed by atoms with Crippen LogP contribution in [0.25, 0.3) is 0 Å². The molecule has 8 bridgehead atoms. The molecule has 0 saturated heterocycles. The summed E-state index contributed by atoms with van der Waals surface area (Å²) in [5.41, 5.74) is 11.2. The van der Waals surface area contributed by atoms with Gasteiger partial charge in [0, 0.05) is 25.7 Å². The molecule has 6 aromatic carbocycles. The fourth-order valence-electron chi connectivity index (χ4n) is 9.51. The minimum absolute atomic E-state index is 0.166. The molecule has 6 aromatic rings. The van der Waals surface area contributed by atoms with Gasteiger partial charge in [-0.25, -0.2) is 0 Å². The number of nitrogens with one attached hydrogen (secondary N) is 2. The van der Waals surface area contributed by atoms with E-state index in [0.717, 1.165) is 77.9 Å². The Morgan fingerprint density at radius 1 is 0.431 bits per heavy atom. The molecule has 8 heteroatoms. The number of amides is 2. The smallest absolute Gasteiger partial charge is 0.258 e. The first-order chi connectivity index (χ1) is 33.6. The molecule has 2 amide bonds. The molecule has 7 rings (SSSR count). The molecule has 0 aliphatic heterocycles. The molecule has 0 spiro atoms. The minimum Gasteiger partial charge on any atom is -0.507 e. The number of ether oxygens (including phenoxy) is 2. The second kappa shape index (κ2) is 20.9. The Morgan fingerprint density at radius 2 is 0.667 bits per heavy atom. The number of hydrogen-bond acceptors (Lipinski definition) is 6. The van der Waals surface area contributed by atoms with Crippen LogP contribution in [-0.4, -0.2) is 35.2 Å². The summed E-state index contributed by atoms with van der Waals surface area (Å²) in [5.74, 6) is 0.914. The number of benzene rings is 6. The topological polar surface area (TPSA) is 117 Å². The third-order valence-corrected chi connectivity index (χ3v) is 14.1. The van der Waals surface area contributed by atoms with Crippen LogP contribution >= 0.6 is 0 Å². The van der Waals surface area contributed by atoms with Gasteiger partial charge < -0.3 is 30.3 Å². The number of hydrogen-bond donors (Lipinski definition) is 4. The molecule has 0 radical (unpaired) electrons. The lowest BCUT2D eigenvalue weighted by Crippen LogP contribution is -2.31. The second-order valence-electron chi connectivity index (χ2n) is 24.2. The van der Waals surface area contributed by atoms with Crippen LogP contribution < -0.4 is 20.1 Å². The highest BCUT2D eigenvalue weighted by molar-refractivity contribution is 5.79. The Morgan fingerprint density at radius 3 is 0.903 bits per heavy atom. The number of carbonyl (C=O) groups excluding carboxylic acids is 2. The van der Waals surface area contributed by atoms with E-state index in [4.69, 9.17) is 9.47 Å². The quantitative estimate of drug-likeness (QED) is 0.108. The third-order valence-electron chi connectivity index (χ3n) is 14.1. The molecular formula is C64H78N2O6. The lowest BCUT2D eigenvalue weighted by molar-refractivity contribution is -0.124. The maximum atomic E-state index is 13.8. The van der Waals surface area contributed by atoms with E-state index in [-0.39, 0.29) is 70.3 Å². The molecule has 1 aliphatic rings. The Balaban J connectivity index is 1.45. The van der Waals surface area contributed by atoms with Gasteiger partial charge in [0.15, 0.2) is 13.2 Å². The van der Waals surface area contributed by atoms with Crippen LogP contribution in [0.1, 0.15) is 187 Å². The summed E-state index contributed by atoms with van der Waals surface area (Å²) in [4.78, 5) is 27.6. The summed E-state index contributed by atoms with van der Waals surface area (Å²) in [6.07, 6.45) is 1.19. The molecule has 0 aromatic heterocycles. The van der Waals surface area contributed by atoms with E-state index in [1.807, 2.05) is 74.5 Å². The monoisotopic (exact) mass is 971 g/mol. The molecule has 2 atom stereocenters. The molecular weight excluding hydrogens is 893 g/mol. The van der Waals surface area contributed by atoms with Crippen molar-refractivity contribution in [3.05, 3.63) is 187 Å². The largest absolute Gasteiger partial charge is 0.507 e. The summed E-state index contributed by atoms with van der Waals surface area (Å²) < 4.78 is 13.5. The lowest BCUT2D eigenvalue weighted by atomic mass is 9.79. The normalized spacial score (nSPS) is 14.0. The second-order valence-corrected chi connectivity index (χ2v) is 24.2. The van der Waals surface area contributed by atoms with E-state index in [1.165, 1.54) is 0 Å². The van der Waals surface area contributed by atoms with Gasteiger partial charge in [-0.05, 0) is 113 Å². The van der Waals surface area contributed by atoms with Gasteiger partial charge in [-0.2, -0.15) is 0 Å². The van der Waals surface area contributed by atoms with E-state index < -0.39 is 0 Å². The van der Waals surface area contributed by atoms with Crippen molar-refractivity contribution in [2.45, 2.75) is 156 Å². The molecule has 2 unspecified atom stereocenters. The summed E-state index contributed by atoms with van der Waals surface area (Å²) in [5, 5.41) is 31.7. The Hall–Kier alpha value is -6.54. The van der Waals surface area contributed by atoms with Crippen LogP contribution in [0.3, 0.4) is 0 Å². The van der Waals surface area contributed by atoms with E-state index in [2.05, 4.69) is 142 Å². The van der Waals surface area contributed by atoms with Crippen LogP contribution in [0.4, 0.5) is 0 Å². The fourth-order valence-corrected chi connectivity index (χ4v) is 9.51. The van der Waals surface area contributed by atoms with Gasteiger partial charge in [-0.3, -0.25) is 9.59 Å². The van der Waals surface area contributed by atoms with Crippen molar-refractivity contribution in [2.24, 2.45) is 0 Å². The number of phenols is 2.